The molecule has 0 radical (unpaired) electrons. The van der Waals surface area contributed by atoms with E-state index in [-0.39, 0.29) is 11.9 Å². The molecule has 1 atom stereocenters. The molecule has 1 aliphatic rings. The van der Waals surface area contributed by atoms with Crippen molar-refractivity contribution in [2.45, 2.75) is 44.6 Å². The van der Waals surface area contributed by atoms with Crippen LogP contribution in [-0.2, 0) is 0 Å². The van der Waals surface area contributed by atoms with Crippen LogP contribution in [0.2, 0.25) is 0 Å². The van der Waals surface area contributed by atoms with Gasteiger partial charge in [0.2, 0.25) is 0 Å². The second-order valence-corrected chi connectivity index (χ2v) is 6.74. The summed E-state index contributed by atoms with van der Waals surface area (Å²) < 4.78 is 3.77. The first kappa shape index (κ1) is 15.2. The van der Waals surface area contributed by atoms with Gasteiger partial charge in [0.1, 0.15) is 4.88 Å². The molecule has 0 bridgehead atoms. The number of nitrogens with zero attached hydrogens (tertiary/aromatic N) is 2. The van der Waals surface area contributed by atoms with Crippen molar-refractivity contribution >= 4 is 17.4 Å². The van der Waals surface area contributed by atoms with E-state index in [1.54, 1.807) is 0 Å². The van der Waals surface area contributed by atoms with Gasteiger partial charge in [-0.3, -0.25) is 4.79 Å². The third-order valence-corrected chi connectivity index (χ3v) is 5.05. The molecule has 0 aliphatic heterocycles. The molecule has 1 unspecified atom stereocenters. The second-order valence-electron chi connectivity index (χ2n) is 5.96. The van der Waals surface area contributed by atoms with Gasteiger partial charge in [-0.25, -0.2) is 0 Å². The zero-order valence-corrected chi connectivity index (χ0v) is 13.4. The van der Waals surface area contributed by atoms with E-state index in [0.29, 0.717) is 10.8 Å². The lowest BCUT2D eigenvalue weighted by molar-refractivity contribution is 0.0932. The lowest BCUT2D eigenvalue weighted by atomic mass is 9.83. The van der Waals surface area contributed by atoms with Gasteiger partial charge in [0.25, 0.3) is 5.91 Å². The Bertz CT molecular complexity index is 579. The number of carbonyl (C=O) groups excluding carboxylic acids is 1. The predicted octanol–water partition coefficient (Wildman–Crippen LogP) is 3.98. The maximum absolute atomic E-state index is 12.4. The average molecular weight is 315 g/mol. The molecule has 22 heavy (non-hydrogen) atoms. The van der Waals surface area contributed by atoms with Crippen molar-refractivity contribution in [1.29, 1.82) is 0 Å². The summed E-state index contributed by atoms with van der Waals surface area (Å²) in [6, 6.07) is 10.3. The normalized spacial score (nSPS) is 17.1. The molecular formula is C17H21N3OS. The number of aromatic nitrogens is 2. The zero-order chi connectivity index (χ0) is 15.2. The van der Waals surface area contributed by atoms with E-state index in [4.69, 9.17) is 0 Å². The Morgan fingerprint density at radius 2 is 2.00 bits per heavy atom. The Morgan fingerprint density at radius 3 is 2.68 bits per heavy atom. The smallest absolute Gasteiger partial charge is 0.265 e. The van der Waals surface area contributed by atoms with Crippen LogP contribution in [0.4, 0.5) is 0 Å². The van der Waals surface area contributed by atoms with E-state index in [1.165, 1.54) is 43.9 Å². The minimum atomic E-state index is -0.0698. The lowest BCUT2D eigenvalue weighted by Crippen LogP contribution is -2.30. The minimum Gasteiger partial charge on any atom is -0.344 e. The van der Waals surface area contributed by atoms with E-state index in [0.717, 1.165) is 18.0 Å². The van der Waals surface area contributed by atoms with Crippen LogP contribution in [-0.4, -0.2) is 15.5 Å². The molecule has 2 aromatic rings. The van der Waals surface area contributed by atoms with E-state index < -0.39 is 0 Å². The average Bonchev–Trinajstić information content (AvgIpc) is 3.11. The van der Waals surface area contributed by atoms with Gasteiger partial charge < -0.3 is 5.32 Å². The molecule has 1 N–H and O–H groups in total. The molecule has 1 heterocycles. The molecule has 1 aromatic carbocycles. The van der Waals surface area contributed by atoms with Crippen LogP contribution >= 0.6 is 11.5 Å². The van der Waals surface area contributed by atoms with E-state index in [9.17, 15) is 4.79 Å². The number of amides is 1. The van der Waals surface area contributed by atoms with Crippen molar-refractivity contribution in [3.05, 3.63) is 47.0 Å². The molecule has 116 valence electrons. The van der Waals surface area contributed by atoms with Crippen molar-refractivity contribution in [3.63, 3.8) is 0 Å². The summed E-state index contributed by atoms with van der Waals surface area (Å²) in [6.07, 6.45) is 9.09. The monoisotopic (exact) mass is 315 g/mol. The second kappa shape index (κ2) is 7.49. The Kier molecular flexibility index (Phi) is 5.16. The van der Waals surface area contributed by atoms with Gasteiger partial charge in [0.05, 0.1) is 12.2 Å². The largest absolute Gasteiger partial charge is 0.344 e. The fourth-order valence-corrected chi connectivity index (χ4v) is 3.63. The first-order valence-corrected chi connectivity index (χ1v) is 8.73. The quantitative estimate of drug-likeness (QED) is 0.908. The Hall–Kier alpha value is -1.75. The maximum atomic E-state index is 12.4. The third kappa shape index (κ3) is 3.91. The molecule has 1 saturated carbocycles. The molecule has 1 fully saturated rings. The highest BCUT2D eigenvalue weighted by atomic mass is 32.1. The maximum Gasteiger partial charge on any atom is 0.265 e. The Morgan fingerprint density at radius 1 is 1.23 bits per heavy atom. The van der Waals surface area contributed by atoms with Crippen LogP contribution in [0.25, 0.3) is 0 Å². The summed E-state index contributed by atoms with van der Waals surface area (Å²) in [5, 5.41) is 6.92. The summed E-state index contributed by atoms with van der Waals surface area (Å²) in [5.41, 5.74) is 1.18. The van der Waals surface area contributed by atoms with E-state index in [2.05, 4.69) is 27.0 Å². The van der Waals surface area contributed by atoms with Crippen LogP contribution < -0.4 is 5.32 Å². The van der Waals surface area contributed by atoms with Crippen LogP contribution in [0, 0.1) is 5.92 Å². The summed E-state index contributed by atoms with van der Waals surface area (Å²) in [5.74, 6) is 0.638. The van der Waals surface area contributed by atoms with Crippen molar-refractivity contribution in [2.24, 2.45) is 5.92 Å². The minimum absolute atomic E-state index is 0.0684. The van der Waals surface area contributed by atoms with Crippen LogP contribution in [0.1, 0.15) is 59.8 Å². The van der Waals surface area contributed by atoms with Crippen molar-refractivity contribution in [3.8, 4) is 0 Å². The summed E-state index contributed by atoms with van der Waals surface area (Å²) in [7, 11) is 0. The van der Waals surface area contributed by atoms with Crippen LogP contribution in [0.15, 0.2) is 36.5 Å². The van der Waals surface area contributed by atoms with Crippen LogP contribution in [0.3, 0.4) is 0 Å². The number of nitrogens with one attached hydrogen (secondary N) is 1. The summed E-state index contributed by atoms with van der Waals surface area (Å²) in [4.78, 5) is 12.9. The lowest BCUT2D eigenvalue weighted by Gasteiger charge is -2.27. The first-order valence-electron chi connectivity index (χ1n) is 7.96. The fourth-order valence-electron chi connectivity index (χ4n) is 3.22. The number of hydrogen-bond donors (Lipinski definition) is 1. The highest BCUT2D eigenvalue weighted by molar-refractivity contribution is 7.07. The molecule has 1 aromatic heterocycles. The molecule has 1 aliphatic carbocycles. The molecular weight excluding hydrogens is 294 g/mol. The van der Waals surface area contributed by atoms with Gasteiger partial charge >= 0.3 is 0 Å². The van der Waals surface area contributed by atoms with Gasteiger partial charge in [-0.05, 0) is 29.4 Å². The number of benzene rings is 1. The molecule has 0 saturated heterocycles. The third-order valence-electron chi connectivity index (χ3n) is 4.39. The Labute approximate surface area is 135 Å². The summed E-state index contributed by atoms with van der Waals surface area (Å²) in [6.45, 7) is 0. The van der Waals surface area contributed by atoms with E-state index in [1.807, 2.05) is 18.2 Å². The number of hydrogen-bond acceptors (Lipinski definition) is 4. The SMILES string of the molecule is O=C(NC(CC1CCCCC1)c1ccccc1)c1cnns1. The molecule has 4 nitrogen and oxygen atoms in total. The molecule has 3 rings (SSSR count). The highest BCUT2D eigenvalue weighted by Gasteiger charge is 2.22. The van der Waals surface area contributed by atoms with Gasteiger partial charge in [0, 0.05) is 0 Å². The Balaban J connectivity index is 1.72. The predicted molar refractivity (Wildman–Crippen MR) is 87.8 cm³/mol. The molecule has 1 amide bonds. The van der Waals surface area contributed by atoms with Gasteiger partial charge in [-0.15, -0.1) is 5.10 Å². The first-order chi connectivity index (χ1) is 10.8. The zero-order valence-electron chi connectivity index (χ0n) is 12.6. The topological polar surface area (TPSA) is 54.9 Å². The number of carbonyl (C=O) groups is 1. The standard InChI is InChI=1S/C17H21N3OS/c21-17(16-12-18-20-22-16)19-15(14-9-5-2-6-10-14)11-13-7-3-1-4-8-13/h2,5-6,9-10,12-13,15H,1,3-4,7-8,11H2,(H,19,21). The van der Waals surface area contributed by atoms with E-state index >= 15 is 0 Å². The van der Waals surface area contributed by atoms with Crippen molar-refractivity contribution < 1.29 is 4.79 Å². The molecule has 0 spiro atoms. The fraction of sp³-hybridized carbons (Fsp3) is 0.471. The number of rotatable bonds is 5. The van der Waals surface area contributed by atoms with Crippen molar-refractivity contribution in [1.82, 2.24) is 14.9 Å². The van der Waals surface area contributed by atoms with Crippen LogP contribution in [0.5, 0.6) is 0 Å². The van der Waals surface area contributed by atoms with Gasteiger partial charge in [0.15, 0.2) is 0 Å². The highest BCUT2D eigenvalue weighted by Crippen LogP contribution is 2.32. The summed E-state index contributed by atoms with van der Waals surface area (Å²) >= 11 is 1.14. The van der Waals surface area contributed by atoms with Crippen molar-refractivity contribution in [2.75, 3.05) is 0 Å². The van der Waals surface area contributed by atoms with Gasteiger partial charge in [-0.1, -0.05) is 66.9 Å². The van der Waals surface area contributed by atoms with Gasteiger partial charge in [-0.2, -0.15) is 0 Å². The molecule has 5 heteroatoms.